The van der Waals surface area contributed by atoms with E-state index in [0.717, 1.165) is 35.8 Å². The van der Waals surface area contributed by atoms with E-state index in [4.69, 9.17) is 16.3 Å². The van der Waals surface area contributed by atoms with Gasteiger partial charge >= 0.3 is 0 Å². The molecule has 1 saturated heterocycles. The third-order valence-electron chi connectivity index (χ3n) is 5.30. The molecule has 7 nitrogen and oxygen atoms in total. The first-order valence-corrected chi connectivity index (χ1v) is 12.4. The Morgan fingerprint density at radius 3 is 2.45 bits per heavy atom. The van der Waals surface area contributed by atoms with Crippen LogP contribution >= 0.6 is 11.6 Å². The first-order valence-electron chi connectivity index (χ1n) is 10.1. The number of nitrogens with zero attached hydrogens (tertiary/aromatic N) is 2. The van der Waals surface area contributed by atoms with E-state index >= 15 is 0 Å². The number of ether oxygens (including phenoxy) is 1. The molecule has 31 heavy (non-hydrogen) atoms. The van der Waals surface area contributed by atoms with Crippen molar-refractivity contribution in [3.8, 4) is 5.75 Å². The summed E-state index contributed by atoms with van der Waals surface area (Å²) in [5.41, 5.74) is 2.51. The molecule has 1 aliphatic rings. The molecule has 2 aromatic rings. The fourth-order valence-corrected chi connectivity index (χ4v) is 4.76. The molecule has 0 aromatic heterocycles. The third kappa shape index (κ3) is 6.35. The lowest BCUT2D eigenvalue weighted by atomic mass is 10.1. The minimum Gasteiger partial charge on any atom is -0.495 e. The molecule has 168 valence electrons. The van der Waals surface area contributed by atoms with E-state index in [-0.39, 0.29) is 11.6 Å². The standard InChI is InChI=1S/C22H28ClN3O4S/c1-30-21-10-9-19(13-20(21)23)26(31(2,28)29)16-22(27)24-14-17-7-3-4-8-18(17)15-25-11-5-6-12-25/h3-4,7-10,13H,5-6,11-12,14-16H2,1-2H3,(H,24,27). The van der Waals surface area contributed by atoms with Crippen molar-refractivity contribution in [2.75, 3.05) is 37.3 Å². The average Bonchev–Trinajstić information content (AvgIpc) is 3.23. The van der Waals surface area contributed by atoms with Gasteiger partial charge in [0.05, 0.1) is 24.1 Å². The van der Waals surface area contributed by atoms with Crippen LogP contribution in [0.2, 0.25) is 5.02 Å². The Morgan fingerprint density at radius 1 is 1.16 bits per heavy atom. The Morgan fingerprint density at radius 2 is 1.84 bits per heavy atom. The fourth-order valence-electron chi connectivity index (χ4n) is 3.66. The van der Waals surface area contributed by atoms with Crippen LogP contribution in [0.3, 0.4) is 0 Å². The maximum absolute atomic E-state index is 12.6. The Hall–Kier alpha value is -2.29. The van der Waals surface area contributed by atoms with Gasteiger partial charge in [-0.2, -0.15) is 0 Å². The molecule has 1 heterocycles. The first-order chi connectivity index (χ1) is 14.8. The van der Waals surface area contributed by atoms with Gasteiger partial charge in [0.1, 0.15) is 12.3 Å². The van der Waals surface area contributed by atoms with Crippen molar-refractivity contribution in [1.29, 1.82) is 0 Å². The van der Waals surface area contributed by atoms with Gasteiger partial charge in [0, 0.05) is 13.1 Å². The molecule has 2 aromatic carbocycles. The Labute approximate surface area is 189 Å². The van der Waals surface area contributed by atoms with Crippen LogP contribution in [-0.4, -0.2) is 52.2 Å². The van der Waals surface area contributed by atoms with Crippen molar-refractivity contribution in [1.82, 2.24) is 10.2 Å². The molecule has 3 rings (SSSR count). The minimum absolute atomic E-state index is 0.268. The number of halogens is 1. The summed E-state index contributed by atoms with van der Waals surface area (Å²) in [4.78, 5) is 15.0. The number of likely N-dealkylation sites (tertiary alicyclic amines) is 1. The van der Waals surface area contributed by atoms with E-state index in [1.165, 1.54) is 31.6 Å². The average molecular weight is 466 g/mol. The SMILES string of the molecule is COc1ccc(N(CC(=O)NCc2ccccc2CN2CCCC2)S(C)(=O)=O)cc1Cl. The maximum Gasteiger partial charge on any atom is 0.241 e. The lowest BCUT2D eigenvalue weighted by molar-refractivity contribution is -0.119. The summed E-state index contributed by atoms with van der Waals surface area (Å²) in [5, 5.41) is 3.12. The van der Waals surface area contributed by atoms with Gasteiger partial charge in [-0.25, -0.2) is 8.42 Å². The summed E-state index contributed by atoms with van der Waals surface area (Å²) in [6.07, 6.45) is 3.50. The van der Waals surface area contributed by atoms with E-state index in [0.29, 0.717) is 18.0 Å². The van der Waals surface area contributed by atoms with Crippen molar-refractivity contribution < 1.29 is 17.9 Å². The summed E-state index contributed by atoms with van der Waals surface area (Å²) < 4.78 is 30.8. The van der Waals surface area contributed by atoms with Crippen LogP contribution in [0.1, 0.15) is 24.0 Å². The molecular weight excluding hydrogens is 438 g/mol. The molecule has 0 bridgehead atoms. The molecule has 0 atom stereocenters. The summed E-state index contributed by atoms with van der Waals surface area (Å²) in [6.45, 7) is 3.04. The zero-order valence-electron chi connectivity index (χ0n) is 17.8. The van der Waals surface area contributed by atoms with Gasteiger partial charge in [0.15, 0.2) is 0 Å². The summed E-state index contributed by atoms with van der Waals surface area (Å²) >= 11 is 6.14. The van der Waals surface area contributed by atoms with Crippen LogP contribution in [0.15, 0.2) is 42.5 Å². The molecule has 1 N–H and O–H groups in total. The Balaban J connectivity index is 1.68. The van der Waals surface area contributed by atoms with E-state index in [1.807, 2.05) is 18.2 Å². The molecule has 0 saturated carbocycles. The number of anilines is 1. The topological polar surface area (TPSA) is 79.0 Å². The molecule has 0 radical (unpaired) electrons. The highest BCUT2D eigenvalue weighted by Gasteiger charge is 2.22. The number of rotatable bonds is 9. The second-order valence-corrected chi connectivity index (χ2v) is 9.93. The van der Waals surface area contributed by atoms with Crippen molar-refractivity contribution in [3.05, 3.63) is 58.6 Å². The second kappa shape index (κ2) is 10.3. The van der Waals surface area contributed by atoms with Gasteiger partial charge in [0.25, 0.3) is 0 Å². The van der Waals surface area contributed by atoms with Crippen LogP contribution in [0.5, 0.6) is 5.75 Å². The summed E-state index contributed by atoms with van der Waals surface area (Å²) in [5.74, 6) is 0.0336. The van der Waals surface area contributed by atoms with Gasteiger partial charge in [-0.05, 0) is 55.3 Å². The number of benzene rings is 2. The monoisotopic (exact) mass is 465 g/mol. The quantitative estimate of drug-likeness (QED) is 0.615. The Bertz CT molecular complexity index is 1020. The van der Waals surface area contributed by atoms with Crippen molar-refractivity contribution in [2.24, 2.45) is 0 Å². The molecule has 9 heteroatoms. The van der Waals surface area contributed by atoms with Crippen LogP contribution in [0.4, 0.5) is 5.69 Å². The van der Waals surface area contributed by atoms with Gasteiger partial charge < -0.3 is 10.1 Å². The fraction of sp³-hybridized carbons (Fsp3) is 0.409. The minimum atomic E-state index is -3.69. The van der Waals surface area contributed by atoms with Gasteiger partial charge in [0.2, 0.25) is 15.9 Å². The highest BCUT2D eigenvalue weighted by atomic mass is 35.5. The lowest BCUT2D eigenvalue weighted by Gasteiger charge is -2.23. The molecular formula is C22H28ClN3O4S. The van der Waals surface area contributed by atoms with Crippen LogP contribution in [0.25, 0.3) is 0 Å². The molecule has 0 spiro atoms. The van der Waals surface area contributed by atoms with E-state index in [9.17, 15) is 13.2 Å². The van der Waals surface area contributed by atoms with Crippen LogP contribution in [-0.2, 0) is 27.9 Å². The predicted molar refractivity (Wildman–Crippen MR) is 123 cm³/mol. The predicted octanol–water partition coefficient (Wildman–Crippen LogP) is 3.03. The number of amides is 1. The Kier molecular flexibility index (Phi) is 7.80. The number of nitrogens with one attached hydrogen (secondary N) is 1. The lowest BCUT2D eigenvalue weighted by Crippen LogP contribution is -2.40. The highest BCUT2D eigenvalue weighted by molar-refractivity contribution is 7.92. The third-order valence-corrected chi connectivity index (χ3v) is 6.73. The number of hydrogen-bond donors (Lipinski definition) is 1. The normalized spacial score (nSPS) is 14.4. The molecule has 0 aliphatic carbocycles. The largest absolute Gasteiger partial charge is 0.495 e. The molecule has 0 unspecified atom stereocenters. The van der Waals surface area contributed by atoms with E-state index in [2.05, 4.69) is 16.3 Å². The highest BCUT2D eigenvalue weighted by Crippen LogP contribution is 2.30. The van der Waals surface area contributed by atoms with Gasteiger partial charge in [-0.15, -0.1) is 0 Å². The van der Waals surface area contributed by atoms with Crippen molar-refractivity contribution >= 4 is 33.2 Å². The number of methoxy groups -OCH3 is 1. The summed E-state index contributed by atoms with van der Waals surface area (Å²) in [6, 6.07) is 12.6. The molecule has 1 fully saturated rings. The maximum atomic E-state index is 12.6. The zero-order valence-corrected chi connectivity index (χ0v) is 19.4. The summed E-state index contributed by atoms with van der Waals surface area (Å²) in [7, 11) is -2.21. The smallest absolute Gasteiger partial charge is 0.241 e. The number of hydrogen-bond acceptors (Lipinski definition) is 5. The van der Waals surface area contributed by atoms with Gasteiger partial charge in [-0.3, -0.25) is 14.0 Å². The van der Waals surface area contributed by atoms with Crippen molar-refractivity contribution in [2.45, 2.75) is 25.9 Å². The number of sulfonamides is 1. The van der Waals surface area contributed by atoms with Gasteiger partial charge in [-0.1, -0.05) is 35.9 Å². The molecule has 1 amide bonds. The number of carbonyl (C=O) groups is 1. The van der Waals surface area contributed by atoms with Crippen LogP contribution in [0, 0.1) is 0 Å². The van der Waals surface area contributed by atoms with E-state index < -0.39 is 15.9 Å². The van der Waals surface area contributed by atoms with Crippen LogP contribution < -0.4 is 14.4 Å². The zero-order chi connectivity index (χ0) is 22.4. The number of carbonyl (C=O) groups excluding carboxylic acids is 1. The molecule has 1 aliphatic heterocycles. The second-order valence-electron chi connectivity index (χ2n) is 7.62. The first kappa shape index (κ1) is 23.4. The van der Waals surface area contributed by atoms with E-state index in [1.54, 1.807) is 12.1 Å². The van der Waals surface area contributed by atoms with Crippen molar-refractivity contribution in [3.63, 3.8) is 0 Å².